The van der Waals surface area contributed by atoms with Crippen molar-refractivity contribution in [3.63, 3.8) is 0 Å². The number of phenolic OH excluding ortho intramolecular Hbond substituents is 1. The Kier molecular flexibility index (Phi) is 9.19. The van der Waals surface area contributed by atoms with Crippen molar-refractivity contribution in [2.45, 2.75) is 25.4 Å². The number of phenols is 1. The predicted molar refractivity (Wildman–Crippen MR) is 207 cm³/mol. The van der Waals surface area contributed by atoms with Crippen molar-refractivity contribution in [2.24, 2.45) is 28.0 Å². The normalized spacial score (nSPS) is 22.2. The molecule has 1 heterocycles. The number of rotatable bonds is 8. The van der Waals surface area contributed by atoms with E-state index in [0.29, 0.717) is 35.0 Å². The Morgan fingerprint density at radius 1 is 0.852 bits per heavy atom. The van der Waals surface area contributed by atoms with Crippen LogP contribution in [-0.4, -0.2) is 42.6 Å². The fourth-order valence-corrected chi connectivity index (χ4v) is 8.46. The highest BCUT2D eigenvalue weighted by Gasteiger charge is 2.57. The smallest absolute Gasteiger partial charge is 0.238 e. The van der Waals surface area contributed by atoms with Crippen LogP contribution in [0.4, 0.5) is 22.7 Å². The monoisotopic (exact) mass is 782 g/mol. The maximum atomic E-state index is 14.4. The molecule has 1 fully saturated rings. The van der Waals surface area contributed by atoms with E-state index in [4.69, 9.17) is 4.74 Å². The second kappa shape index (κ2) is 14.1. The molecule has 10 nitrogen and oxygen atoms in total. The zero-order valence-corrected chi connectivity index (χ0v) is 31.1. The number of ether oxygens (including phenoxy) is 1. The molecule has 1 N–H and O–H groups in total. The molecule has 1 aliphatic heterocycles. The van der Waals surface area contributed by atoms with Gasteiger partial charge in [-0.25, -0.2) is 0 Å². The summed E-state index contributed by atoms with van der Waals surface area (Å²) in [6, 6.07) is 29.0. The van der Waals surface area contributed by atoms with E-state index in [1.165, 1.54) is 17.0 Å². The molecule has 0 unspecified atom stereocenters. The van der Waals surface area contributed by atoms with Crippen LogP contribution in [0.3, 0.4) is 0 Å². The van der Waals surface area contributed by atoms with Crippen molar-refractivity contribution in [3.8, 4) is 11.5 Å². The summed E-state index contributed by atoms with van der Waals surface area (Å²) < 4.78 is 6.08. The lowest BCUT2D eigenvalue weighted by molar-refractivity contribution is -0.123. The van der Waals surface area contributed by atoms with Crippen molar-refractivity contribution in [2.75, 3.05) is 23.9 Å². The van der Waals surface area contributed by atoms with Crippen LogP contribution in [0, 0.1) is 17.8 Å². The molecule has 0 saturated carbocycles. The molecule has 2 amide bonds. The van der Waals surface area contributed by atoms with E-state index in [1.807, 2.05) is 79.7 Å². The van der Waals surface area contributed by atoms with Crippen LogP contribution in [-0.2, 0) is 25.8 Å². The standard InChI is InChI=1S/C43H35BrN4O6/c1-47(2)27-12-8-25(9-13-27)45-46-26-10-14-28(15-11-26)48-42(52)32-19-18-30-33(39(32)43(48)53)21-34-40(37(50)22-35(44)41(34)51)38(30)31-17-16-29(20-36(31)49)54-23-24-6-4-3-5-7-24/h3-18,20,22,32-33,38-39,49H,19,21,23H2,1-2H3/t32-,33+,38+,39-/m0/s1. The van der Waals surface area contributed by atoms with E-state index in [-0.39, 0.29) is 57.6 Å². The number of ketones is 2. The Hall–Kier alpha value is -5.94. The molecule has 4 atom stereocenters. The summed E-state index contributed by atoms with van der Waals surface area (Å²) in [6.07, 6.45) is 3.59. The summed E-state index contributed by atoms with van der Waals surface area (Å²) >= 11 is 3.27. The largest absolute Gasteiger partial charge is 0.507 e. The zero-order valence-electron chi connectivity index (χ0n) is 29.5. The van der Waals surface area contributed by atoms with Gasteiger partial charge in [-0.1, -0.05) is 48.0 Å². The second-order valence-electron chi connectivity index (χ2n) is 14.0. The number of aromatic hydroxyl groups is 1. The molecule has 3 aliphatic carbocycles. The molecular formula is C43H35BrN4O6. The average Bonchev–Trinajstić information content (AvgIpc) is 3.44. The summed E-state index contributed by atoms with van der Waals surface area (Å²) in [5.41, 5.74) is 5.40. The van der Waals surface area contributed by atoms with Gasteiger partial charge in [-0.05, 0) is 94.9 Å². The number of hydrogen-bond donors (Lipinski definition) is 1. The molecule has 1 saturated heterocycles. The van der Waals surface area contributed by atoms with Crippen LogP contribution in [0.5, 0.6) is 11.5 Å². The molecule has 0 radical (unpaired) electrons. The fourth-order valence-electron chi connectivity index (χ4n) is 8.02. The molecule has 4 aromatic rings. The fraction of sp³-hybridized carbons (Fsp3) is 0.209. The van der Waals surface area contributed by atoms with Crippen LogP contribution in [0.2, 0.25) is 0 Å². The van der Waals surface area contributed by atoms with Gasteiger partial charge < -0.3 is 14.7 Å². The molecule has 11 heteroatoms. The number of anilines is 2. The number of carbonyl (C=O) groups excluding carboxylic acids is 4. The summed E-state index contributed by atoms with van der Waals surface area (Å²) in [4.78, 5) is 58.9. The van der Waals surface area contributed by atoms with E-state index in [0.717, 1.165) is 16.8 Å². The van der Waals surface area contributed by atoms with Crippen molar-refractivity contribution < 1.29 is 29.0 Å². The SMILES string of the molecule is CN(C)c1ccc(N=Nc2ccc(N3C(=O)[C@H]4[C@H](CC=C5[C@H](c6ccc(OCc7ccccc7)cc6O)C6=C(C[C@H]54)C(=O)C(Br)=CC6=O)C3=O)cc2)cc1. The van der Waals surface area contributed by atoms with Crippen LogP contribution in [0.15, 0.2) is 141 Å². The molecular weight excluding hydrogens is 748 g/mol. The first-order valence-electron chi connectivity index (χ1n) is 17.6. The van der Waals surface area contributed by atoms with Gasteiger partial charge in [0, 0.05) is 54.6 Å². The number of allylic oxidation sites excluding steroid dienone is 6. The van der Waals surface area contributed by atoms with E-state index >= 15 is 0 Å². The Bertz CT molecular complexity index is 2330. The highest BCUT2D eigenvalue weighted by molar-refractivity contribution is 9.12. The molecule has 0 aromatic heterocycles. The number of imide groups is 1. The van der Waals surface area contributed by atoms with Crippen molar-refractivity contribution in [3.05, 3.63) is 142 Å². The van der Waals surface area contributed by atoms with Crippen molar-refractivity contribution in [1.82, 2.24) is 0 Å². The lowest BCUT2D eigenvalue weighted by Gasteiger charge is -2.42. The number of hydrogen-bond acceptors (Lipinski definition) is 9. The van der Waals surface area contributed by atoms with Crippen LogP contribution >= 0.6 is 15.9 Å². The van der Waals surface area contributed by atoms with Gasteiger partial charge in [0.05, 0.1) is 33.4 Å². The first-order chi connectivity index (χ1) is 26.1. The number of carbonyl (C=O) groups is 4. The quantitative estimate of drug-likeness (QED) is 0.0823. The summed E-state index contributed by atoms with van der Waals surface area (Å²) in [6.45, 7) is 0.297. The number of azo groups is 1. The second-order valence-corrected chi connectivity index (χ2v) is 14.9. The van der Waals surface area contributed by atoms with Gasteiger partial charge >= 0.3 is 0 Å². The lowest BCUT2D eigenvalue weighted by Crippen LogP contribution is -2.39. The minimum atomic E-state index is -0.795. The van der Waals surface area contributed by atoms with Gasteiger partial charge in [0.2, 0.25) is 11.8 Å². The maximum Gasteiger partial charge on any atom is 0.238 e. The number of nitrogens with zero attached hydrogens (tertiary/aromatic N) is 4. The highest BCUT2D eigenvalue weighted by atomic mass is 79.9. The lowest BCUT2D eigenvalue weighted by atomic mass is 9.59. The minimum absolute atomic E-state index is 0.103. The molecule has 0 spiro atoms. The van der Waals surface area contributed by atoms with Crippen molar-refractivity contribution >= 4 is 62.1 Å². The van der Waals surface area contributed by atoms with Gasteiger partial charge in [-0.3, -0.25) is 24.1 Å². The molecule has 4 aliphatic rings. The first kappa shape index (κ1) is 35.1. The third-order valence-corrected chi connectivity index (χ3v) is 11.2. The summed E-state index contributed by atoms with van der Waals surface area (Å²) in [5.74, 6) is -3.79. The molecule has 4 aromatic carbocycles. The van der Waals surface area contributed by atoms with E-state index < -0.39 is 23.7 Å². The average molecular weight is 784 g/mol. The number of fused-ring (bicyclic) bond motifs is 3. The summed E-state index contributed by atoms with van der Waals surface area (Å²) in [7, 11) is 3.92. The van der Waals surface area contributed by atoms with E-state index in [1.54, 1.807) is 36.4 Å². The number of halogens is 1. The van der Waals surface area contributed by atoms with Gasteiger partial charge in [0.15, 0.2) is 11.6 Å². The Labute approximate surface area is 320 Å². The predicted octanol–water partition coefficient (Wildman–Crippen LogP) is 8.42. The van der Waals surface area contributed by atoms with Gasteiger partial charge in [0.1, 0.15) is 18.1 Å². The van der Waals surface area contributed by atoms with Crippen LogP contribution in [0.25, 0.3) is 0 Å². The Morgan fingerprint density at radius 3 is 2.20 bits per heavy atom. The number of Topliss-reactive ketones (excluding diaryl/α,β-unsaturated/α-hetero) is 1. The van der Waals surface area contributed by atoms with E-state index in [9.17, 15) is 24.3 Å². The topological polar surface area (TPSA) is 129 Å². The molecule has 270 valence electrons. The number of benzene rings is 4. The third-order valence-electron chi connectivity index (χ3n) is 10.6. The first-order valence-corrected chi connectivity index (χ1v) is 18.4. The molecule has 54 heavy (non-hydrogen) atoms. The minimum Gasteiger partial charge on any atom is -0.507 e. The third kappa shape index (κ3) is 6.28. The summed E-state index contributed by atoms with van der Waals surface area (Å²) in [5, 5.41) is 20.1. The van der Waals surface area contributed by atoms with Gasteiger partial charge in [0.25, 0.3) is 0 Å². The van der Waals surface area contributed by atoms with Crippen LogP contribution < -0.4 is 14.5 Å². The number of amides is 2. The van der Waals surface area contributed by atoms with Gasteiger partial charge in [-0.2, -0.15) is 10.2 Å². The Morgan fingerprint density at radius 2 is 1.54 bits per heavy atom. The van der Waals surface area contributed by atoms with Crippen molar-refractivity contribution in [1.29, 1.82) is 0 Å². The van der Waals surface area contributed by atoms with Crippen LogP contribution in [0.1, 0.15) is 29.9 Å². The maximum absolute atomic E-state index is 14.4. The zero-order chi connectivity index (χ0) is 37.7. The molecule has 8 rings (SSSR count). The van der Waals surface area contributed by atoms with E-state index in [2.05, 4.69) is 26.2 Å². The highest BCUT2D eigenvalue weighted by Crippen LogP contribution is 2.56. The molecule has 0 bridgehead atoms. The van der Waals surface area contributed by atoms with Gasteiger partial charge in [-0.15, -0.1) is 0 Å². The Balaban J connectivity index is 1.08.